The maximum Gasteiger partial charge on any atom is 0.258 e. The molecule has 0 unspecified atom stereocenters. The van der Waals surface area contributed by atoms with E-state index in [2.05, 4.69) is 15.6 Å². The second kappa shape index (κ2) is 6.97. The van der Waals surface area contributed by atoms with Gasteiger partial charge in [0.15, 0.2) is 5.13 Å². The number of thiazole rings is 1. The predicted octanol–water partition coefficient (Wildman–Crippen LogP) is 3.35. The minimum absolute atomic E-state index is 0.0701. The van der Waals surface area contributed by atoms with Crippen LogP contribution in [0.5, 0.6) is 0 Å². The van der Waals surface area contributed by atoms with Crippen LogP contribution in [0.3, 0.4) is 0 Å². The van der Waals surface area contributed by atoms with Gasteiger partial charge in [0.05, 0.1) is 5.56 Å². The summed E-state index contributed by atoms with van der Waals surface area (Å²) in [6.07, 6.45) is 1.21. The molecule has 0 spiro atoms. The van der Waals surface area contributed by atoms with E-state index in [4.69, 9.17) is 0 Å². The van der Waals surface area contributed by atoms with Gasteiger partial charge in [-0.1, -0.05) is 42.5 Å². The molecule has 0 bridgehead atoms. The van der Waals surface area contributed by atoms with Crippen LogP contribution in [0.25, 0.3) is 0 Å². The molecule has 4 rings (SSSR count). The number of benzene rings is 2. The summed E-state index contributed by atoms with van der Waals surface area (Å²) in [5.74, 6) is -0.460. The Bertz CT molecular complexity index is 928. The summed E-state index contributed by atoms with van der Waals surface area (Å²) in [7, 11) is 0. The smallest absolute Gasteiger partial charge is 0.258 e. The van der Waals surface area contributed by atoms with E-state index < -0.39 is 6.17 Å². The van der Waals surface area contributed by atoms with Gasteiger partial charge in [0, 0.05) is 17.3 Å². The second-order valence-electron chi connectivity index (χ2n) is 5.82. The Balaban J connectivity index is 1.64. The van der Waals surface area contributed by atoms with E-state index in [1.165, 1.54) is 11.3 Å². The van der Waals surface area contributed by atoms with Crippen LogP contribution in [0, 0.1) is 0 Å². The number of aromatic nitrogens is 1. The first kappa shape index (κ1) is 16.3. The van der Waals surface area contributed by atoms with Crippen molar-refractivity contribution in [2.45, 2.75) is 6.17 Å². The number of nitrogens with zero attached hydrogens (tertiary/aromatic N) is 2. The van der Waals surface area contributed by atoms with E-state index in [9.17, 15) is 9.59 Å². The van der Waals surface area contributed by atoms with E-state index in [1.807, 2.05) is 48.5 Å². The summed E-state index contributed by atoms with van der Waals surface area (Å²) in [6.45, 7) is -0.0701. The van der Waals surface area contributed by atoms with Gasteiger partial charge in [-0.25, -0.2) is 4.98 Å². The number of anilines is 2. The minimum Gasteiger partial charge on any atom is -0.361 e. The average Bonchev–Trinajstić information content (AvgIpc) is 3.17. The second-order valence-corrected chi connectivity index (χ2v) is 6.72. The van der Waals surface area contributed by atoms with E-state index >= 15 is 0 Å². The molecule has 1 aromatic heterocycles. The first-order valence-corrected chi connectivity index (χ1v) is 9.01. The molecule has 3 aromatic rings. The Morgan fingerprint density at radius 2 is 1.92 bits per heavy atom. The summed E-state index contributed by atoms with van der Waals surface area (Å²) in [5.41, 5.74) is 2.24. The molecule has 1 aliphatic rings. The third kappa shape index (κ3) is 3.16. The Morgan fingerprint density at radius 1 is 1.15 bits per heavy atom. The molecule has 0 aliphatic carbocycles. The van der Waals surface area contributed by atoms with Crippen LogP contribution in [0.2, 0.25) is 0 Å². The number of fused-ring (bicyclic) bond motifs is 1. The summed E-state index contributed by atoms with van der Waals surface area (Å²) in [6, 6.07) is 16.9. The molecule has 1 aliphatic heterocycles. The molecule has 2 amide bonds. The molecule has 26 heavy (non-hydrogen) atoms. The predicted molar refractivity (Wildman–Crippen MR) is 101 cm³/mol. The molecule has 2 N–H and O–H groups in total. The van der Waals surface area contributed by atoms with Crippen LogP contribution in [0.4, 0.5) is 10.8 Å². The van der Waals surface area contributed by atoms with Gasteiger partial charge in [-0.15, -0.1) is 11.3 Å². The zero-order valence-electron chi connectivity index (χ0n) is 13.8. The van der Waals surface area contributed by atoms with Gasteiger partial charge in [-0.3, -0.25) is 9.59 Å². The van der Waals surface area contributed by atoms with E-state index in [0.29, 0.717) is 10.7 Å². The standard InChI is InChI=1S/C19H16N4O2S/c24-16(22-19-20-10-11-26-19)12-23-17(13-6-2-1-3-7-13)21-15-9-5-4-8-14(15)18(23)25/h1-11,17,21H,12H2,(H,20,22,24)/t17-/m0/s1. The van der Waals surface area contributed by atoms with Gasteiger partial charge in [0.25, 0.3) is 5.91 Å². The summed E-state index contributed by atoms with van der Waals surface area (Å²) >= 11 is 1.34. The highest BCUT2D eigenvalue weighted by molar-refractivity contribution is 7.13. The fraction of sp³-hybridized carbons (Fsp3) is 0.105. The van der Waals surface area contributed by atoms with Crippen LogP contribution in [0.15, 0.2) is 66.2 Å². The van der Waals surface area contributed by atoms with Gasteiger partial charge in [-0.2, -0.15) is 0 Å². The fourth-order valence-corrected chi connectivity index (χ4v) is 3.50. The maximum absolute atomic E-state index is 13.0. The molecule has 2 aromatic carbocycles. The Morgan fingerprint density at radius 3 is 2.69 bits per heavy atom. The molecule has 0 fully saturated rings. The molecule has 6 nitrogen and oxygen atoms in total. The zero-order chi connectivity index (χ0) is 17.9. The number of hydrogen-bond acceptors (Lipinski definition) is 5. The molecule has 130 valence electrons. The highest BCUT2D eigenvalue weighted by atomic mass is 32.1. The summed E-state index contributed by atoms with van der Waals surface area (Å²) in [4.78, 5) is 31.1. The van der Waals surface area contributed by atoms with Gasteiger partial charge >= 0.3 is 0 Å². The number of hydrogen-bond donors (Lipinski definition) is 2. The monoisotopic (exact) mass is 364 g/mol. The van der Waals surface area contributed by atoms with Crippen LogP contribution in [0.1, 0.15) is 22.1 Å². The van der Waals surface area contributed by atoms with Crippen LogP contribution >= 0.6 is 11.3 Å². The Kier molecular flexibility index (Phi) is 4.37. The van der Waals surface area contributed by atoms with Gasteiger partial charge < -0.3 is 15.5 Å². The first-order valence-electron chi connectivity index (χ1n) is 8.13. The fourth-order valence-electron chi connectivity index (χ4n) is 2.95. The summed E-state index contributed by atoms with van der Waals surface area (Å²) in [5, 5.41) is 8.40. The number of rotatable bonds is 4. The quantitative estimate of drug-likeness (QED) is 0.745. The third-order valence-electron chi connectivity index (χ3n) is 4.13. The largest absolute Gasteiger partial charge is 0.361 e. The number of carbonyl (C=O) groups is 2. The van der Waals surface area contributed by atoms with Gasteiger partial charge in [-0.05, 0) is 17.7 Å². The van der Waals surface area contributed by atoms with Crippen molar-refractivity contribution in [2.75, 3.05) is 17.2 Å². The highest BCUT2D eigenvalue weighted by Gasteiger charge is 2.34. The van der Waals surface area contributed by atoms with Crippen molar-refractivity contribution in [3.8, 4) is 0 Å². The maximum atomic E-state index is 13.0. The van der Waals surface area contributed by atoms with Crippen LogP contribution in [-0.4, -0.2) is 28.2 Å². The topological polar surface area (TPSA) is 74.3 Å². The van der Waals surface area contributed by atoms with Crippen LogP contribution < -0.4 is 10.6 Å². The lowest BCUT2D eigenvalue weighted by Gasteiger charge is -2.37. The Labute approximate surface area is 154 Å². The zero-order valence-corrected chi connectivity index (χ0v) is 14.6. The van der Waals surface area contributed by atoms with Crippen molar-refractivity contribution in [1.82, 2.24) is 9.88 Å². The number of carbonyl (C=O) groups excluding carboxylic acids is 2. The van der Waals surface area contributed by atoms with E-state index in [-0.39, 0.29) is 18.4 Å². The highest BCUT2D eigenvalue weighted by Crippen LogP contribution is 2.32. The van der Waals surface area contributed by atoms with Gasteiger partial charge in [0.2, 0.25) is 5.91 Å². The molecular weight excluding hydrogens is 348 g/mol. The lowest BCUT2D eigenvalue weighted by molar-refractivity contribution is -0.117. The summed E-state index contributed by atoms with van der Waals surface area (Å²) < 4.78 is 0. The number of nitrogens with one attached hydrogen (secondary N) is 2. The van der Waals surface area contributed by atoms with Crippen molar-refractivity contribution in [3.63, 3.8) is 0 Å². The molecule has 0 radical (unpaired) electrons. The normalized spacial score (nSPS) is 15.9. The van der Waals surface area contributed by atoms with E-state index in [1.54, 1.807) is 22.5 Å². The molecule has 2 heterocycles. The van der Waals surface area contributed by atoms with Crippen LogP contribution in [-0.2, 0) is 4.79 Å². The molecule has 7 heteroatoms. The van der Waals surface area contributed by atoms with Gasteiger partial charge in [0.1, 0.15) is 12.7 Å². The van der Waals surface area contributed by atoms with Crippen molar-refractivity contribution >= 4 is 34.0 Å². The third-order valence-corrected chi connectivity index (χ3v) is 4.82. The van der Waals surface area contributed by atoms with Crippen molar-refractivity contribution in [3.05, 3.63) is 77.3 Å². The first-order chi connectivity index (χ1) is 12.7. The van der Waals surface area contributed by atoms with E-state index in [0.717, 1.165) is 11.3 Å². The molecule has 0 saturated carbocycles. The molecule has 0 saturated heterocycles. The lowest BCUT2D eigenvalue weighted by Crippen LogP contribution is -2.46. The lowest BCUT2D eigenvalue weighted by atomic mass is 10.0. The minimum atomic E-state index is -0.416. The number of amides is 2. The van der Waals surface area contributed by atoms with Crippen molar-refractivity contribution < 1.29 is 9.59 Å². The van der Waals surface area contributed by atoms with Crippen molar-refractivity contribution in [2.24, 2.45) is 0 Å². The SMILES string of the molecule is O=C(CN1C(=O)c2ccccc2N[C@@H]1c1ccccc1)Nc1nccs1. The van der Waals surface area contributed by atoms with Crippen molar-refractivity contribution in [1.29, 1.82) is 0 Å². The number of para-hydroxylation sites is 1. The molecule has 1 atom stereocenters. The average molecular weight is 364 g/mol. The Hall–Kier alpha value is -3.19. The molecular formula is C19H16N4O2S.